The van der Waals surface area contributed by atoms with Gasteiger partial charge in [0.15, 0.2) is 0 Å². The molecule has 1 aromatic rings. The normalized spacial score (nSPS) is 13.3. The van der Waals surface area contributed by atoms with Gasteiger partial charge in [0, 0.05) is 6.54 Å². The first-order valence-electron chi connectivity index (χ1n) is 7.06. The highest BCUT2D eigenvalue weighted by Gasteiger charge is 2.38. The number of nitrogens with zero attached hydrogens (tertiary/aromatic N) is 1. The summed E-state index contributed by atoms with van der Waals surface area (Å²) in [5, 5.41) is 9.50. The van der Waals surface area contributed by atoms with Crippen molar-refractivity contribution >= 4 is 12.4 Å². The molecule has 116 valence electrons. The number of ether oxygens (including phenoxy) is 1. The zero-order valence-corrected chi connectivity index (χ0v) is 12.8. The van der Waals surface area contributed by atoms with E-state index in [1.807, 2.05) is 31.2 Å². The lowest BCUT2D eigenvalue weighted by Crippen LogP contribution is -2.52. The van der Waals surface area contributed by atoms with Gasteiger partial charge in [0.1, 0.15) is 11.3 Å². The van der Waals surface area contributed by atoms with Gasteiger partial charge in [-0.25, -0.2) is 4.79 Å². The summed E-state index contributed by atoms with van der Waals surface area (Å²) >= 11 is 0. The van der Waals surface area contributed by atoms with Crippen molar-refractivity contribution in [1.29, 1.82) is 0 Å². The SMILES string of the molecule is CCCN(C=O)C(C)(CCc1ccc(OC)cc1)C(=O)O. The molecule has 5 nitrogen and oxygen atoms in total. The first kappa shape index (κ1) is 17.0. The number of amides is 1. The predicted molar refractivity (Wildman–Crippen MR) is 80.4 cm³/mol. The molecule has 0 aromatic heterocycles. The molecule has 0 radical (unpaired) electrons. The quantitative estimate of drug-likeness (QED) is 0.710. The molecule has 1 rings (SSSR count). The Balaban J connectivity index is 2.82. The topological polar surface area (TPSA) is 66.8 Å². The molecule has 0 fully saturated rings. The van der Waals surface area contributed by atoms with Crippen molar-refractivity contribution < 1.29 is 19.4 Å². The fourth-order valence-electron chi connectivity index (χ4n) is 2.21. The molecule has 0 aliphatic heterocycles. The summed E-state index contributed by atoms with van der Waals surface area (Å²) in [6, 6.07) is 7.51. The summed E-state index contributed by atoms with van der Waals surface area (Å²) in [4.78, 5) is 24.2. The molecule has 1 atom stereocenters. The Morgan fingerprint density at radius 2 is 2.00 bits per heavy atom. The summed E-state index contributed by atoms with van der Waals surface area (Å²) in [7, 11) is 1.60. The number of aryl methyl sites for hydroxylation is 1. The number of benzene rings is 1. The minimum absolute atomic E-state index is 0.368. The molecule has 1 unspecified atom stereocenters. The highest BCUT2D eigenvalue weighted by molar-refractivity contribution is 5.81. The second kappa shape index (κ2) is 7.67. The van der Waals surface area contributed by atoms with E-state index in [0.29, 0.717) is 25.8 Å². The Morgan fingerprint density at radius 1 is 1.38 bits per heavy atom. The molecular formula is C16H23NO4. The van der Waals surface area contributed by atoms with E-state index in [2.05, 4.69) is 0 Å². The van der Waals surface area contributed by atoms with Crippen LogP contribution in [0.4, 0.5) is 0 Å². The maximum atomic E-state index is 11.6. The number of hydrogen-bond acceptors (Lipinski definition) is 3. The van der Waals surface area contributed by atoms with Gasteiger partial charge in [0.2, 0.25) is 6.41 Å². The van der Waals surface area contributed by atoms with Crippen LogP contribution in [0.2, 0.25) is 0 Å². The van der Waals surface area contributed by atoms with E-state index < -0.39 is 11.5 Å². The first-order chi connectivity index (χ1) is 9.97. The van der Waals surface area contributed by atoms with Crippen LogP contribution in [0.1, 0.15) is 32.3 Å². The van der Waals surface area contributed by atoms with Gasteiger partial charge in [0.05, 0.1) is 7.11 Å². The van der Waals surface area contributed by atoms with Gasteiger partial charge in [-0.2, -0.15) is 0 Å². The lowest BCUT2D eigenvalue weighted by atomic mass is 9.91. The summed E-state index contributed by atoms with van der Waals surface area (Å²) in [6.45, 7) is 3.96. The van der Waals surface area contributed by atoms with Gasteiger partial charge in [-0.15, -0.1) is 0 Å². The van der Waals surface area contributed by atoms with E-state index in [1.165, 1.54) is 4.90 Å². The highest BCUT2D eigenvalue weighted by atomic mass is 16.5. The molecule has 0 aliphatic rings. The van der Waals surface area contributed by atoms with E-state index in [1.54, 1.807) is 14.0 Å². The van der Waals surface area contributed by atoms with Crippen molar-refractivity contribution in [2.45, 2.75) is 38.6 Å². The van der Waals surface area contributed by atoms with Crippen molar-refractivity contribution in [3.8, 4) is 5.75 Å². The lowest BCUT2D eigenvalue weighted by molar-refractivity contribution is -0.154. The Morgan fingerprint density at radius 3 is 2.43 bits per heavy atom. The summed E-state index contributed by atoms with van der Waals surface area (Å²) in [6.07, 6.45) is 2.31. The molecular weight excluding hydrogens is 270 g/mol. The number of carboxylic acid groups (broad SMARTS) is 1. The Kier molecular flexibility index (Phi) is 6.21. The van der Waals surface area contributed by atoms with Crippen LogP contribution in [0.25, 0.3) is 0 Å². The molecule has 0 spiro atoms. The van der Waals surface area contributed by atoms with E-state index in [4.69, 9.17) is 4.74 Å². The van der Waals surface area contributed by atoms with E-state index in [-0.39, 0.29) is 0 Å². The number of methoxy groups -OCH3 is 1. The van der Waals surface area contributed by atoms with E-state index in [0.717, 1.165) is 17.7 Å². The maximum absolute atomic E-state index is 11.6. The zero-order valence-electron chi connectivity index (χ0n) is 12.8. The number of carbonyl (C=O) groups excluding carboxylic acids is 1. The van der Waals surface area contributed by atoms with Crippen LogP contribution in [0, 0.1) is 0 Å². The largest absolute Gasteiger partial charge is 0.497 e. The van der Waals surface area contributed by atoms with Gasteiger partial charge in [-0.3, -0.25) is 4.79 Å². The highest BCUT2D eigenvalue weighted by Crippen LogP contribution is 2.23. The average molecular weight is 293 g/mol. The second-order valence-corrected chi connectivity index (χ2v) is 5.23. The minimum Gasteiger partial charge on any atom is -0.497 e. The van der Waals surface area contributed by atoms with Crippen LogP contribution in [-0.2, 0) is 16.0 Å². The molecule has 0 heterocycles. The Hall–Kier alpha value is -2.04. The second-order valence-electron chi connectivity index (χ2n) is 5.23. The number of carbonyl (C=O) groups is 2. The van der Waals surface area contributed by atoms with Gasteiger partial charge in [0.25, 0.3) is 0 Å². The molecule has 5 heteroatoms. The monoisotopic (exact) mass is 293 g/mol. The van der Waals surface area contributed by atoms with Crippen molar-refractivity contribution in [1.82, 2.24) is 4.90 Å². The van der Waals surface area contributed by atoms with Crippen LogP contribution in [0.5, 0.6) is 5.75 Å². The molecule has 21 heavy (non-hydrogen) atoms. The molecule has 0 aliphatic carbocycles. The van der Waals surface area contributed by atoms with Crippen LogP contribution in [0.15, 0.2) is 24.3 Å². The van der Waals surface area contributed by atoms with Gasteiger partial charge in [-0.1, -0.05) is 19.1 Å². The van der Waals surface area contributed by atoms with Gasteiger partial charge < -0.3 is 14.7 Å². The molecule has 1 N–H and O–H groups in total. The molecule has 0 bridgehead atoms. The van der Waals surface area contributed by atoms with E-state index >= 15 is 0 Å². The van der Waals surface area contributed by atoms with Crippen molar-refractivity contribution in [3.63, 3.8) is 0 Å². The maximum Gasteiger partial charge on any atom is 0.329 e. The standard InChI is InChI=1S/C16H23NO4/c1-4-11-17(12-18)16(2,15(19)20)10-9-13-5-7-14(21-3)8-6-13/h5-8,12H,4,9-11H2,1-3H3,(H,19,20). The van der Waals surface area contributed by atoms with E-state index in [9.17, 15) is 14.7 Å². The third-order valence-electron chi connectivity index (χ3n) is 3.75. The summed E-state index contributed by atoms with van der Waals surface area (Å²) < 4.78 is 5.09. The predicted octanol–water partition coefficient (Wildman–Crippen LogP) is 2.34. The fourth-order valence-corrected chi connectivity index (χ4v) is 2.21. The summed E-state index contributed by atoms with van der Waals surface area (Å²) in [5.74, 6) is -0.211. The minimum atomic E-state index is -1.18. The molecule has 1 amide bonds. The Labute approximate surface area is 125 Å². The van der Waals surface area contributed by atoms with Gasteiger partial charge in [-0.05, 0) is 43.9 Å². The number of hydrogen-bond donors (Lipinski definition) is 1. The molecule has 0 saturated heterocycles. The number of carboxylic acids is 1. The van der Waals surface area contributed by atoms with Crippen molar-refractivity contribution in [3.05, 3.63) is 29.8 Å². The first-order valence-corrected chi connectivity index (χ1v) is 7.06. The average Bonchev–Trinajstić information content (AvgIpc) is 2.50. The summed E-state index contributed by atoms with van der Waals surface area (Å²) in [5.41, 5.74) is -0.164. The molecule has 0 saturated carbocycles. The van der Waals surface area contributed by atoms with Crippen LogP contribution in [-0.4, -0.2) is 41.6 Å². The molecule has 1 aromatic carbocycles. The zero-order chi connectivity index (χ0) is 15.9. The van der Waals surface area contributed by atoms with Crippen LogP contribution in [0.3, 0.4) is 0 Å². The number of aliphatic carboxylic acids is 1. The third-order valence-corrected chi connectivity index (χ3v) is 3.75. The fraction of sp³-hybridized carbons (Fsp3) is 0.500. The van der Waals surface area contributed by atoms with Crippen molar-refractivity contribution in [2.75, 3.05) is 13.7 Å². The van der Waals surface area contributed by atoms with Gasteiger partial charge >= 0.3 is 5.97 Å². The smallest absolute Gasteiger partial charge is 0.329 e. The van der Waals surface area contributed by atoms with Crippen LogP contribution < -0.4 is 4.74 Å². The van der Waals surface area contributed by atoms with Crippen molar-refractivity contribution in [2.24, 2.45) is 0 Å². The Bertz CT molecular complexity index is 472. The third kappa shape index (κ3) is 4.21. The number of rotatable bonds is 9. The lowest BCUT2D eigenvalue weighted by Gasteiger charge is -2.35. The van der Waals surface area contributed by atoms with Crippen LogP contribution >= 0.6 is 0 Å².